The number of rotatable bonds is 3. The van der Waals surface area contributed by atoms with Crippen LogP contribution in [0.2, 0.25) is 5.02 Å². The van der Waals surface area contributed by atoms with E-state index in [1.54, 1.807) is 12.1 Å². The van der Waals surface area contributed by atoms with Gasteiger partial charge in [0.15, 0.2) is 0 Å². The Bertz CT molecular complexity index is 787. The highest BCUT2D eigenvalue weighted by atomic mass is 35.5. The van der Waals surface area contributed by atoms with Gasteiger partial charge in [-0.2, -0.15) is 0 Å². The van der Waals surface area contributed by atoms with Crippen molar-refractivity contribution in [1.29, 1.82) is 0 Å². The van der Waals surface area contributed by atoms with Crippen LogP contribution in [-0.2, 0) is 0 Å². The topological polar surface area (TPSA) is 54.0 Å². The SMILES string of the molecule is O=C(Nc1ccc(-c2ccccc2)cc1)Nc1ccc(Cl)cn1. The molecule has 0 atom stereocenters. The first kappa shape index (κ1) is 15.1. The number of anilines is 2. The molecule has 0 spiro atoms. The summed E-state index contributed by atoms with van der Waals surface area (Å²) in [5, 5.41) is 5.93. The second-order valence-electron chi connectivity index (χ2n) is 4.88. The van der Waals surface area contributed by atoms with Gasteiger partial charge < -0.3 is 5.32 Å². The number of nitrogens with one attached hydrogen (secondary N) is 2. The lowest BCUT2D eigenvalue weighted by atomic mass is 10.1. The average Bonchev–Trinajstić information content (AvgIpc) is 2.58. The van der Waals surface area contributed by atoms with Crippen LogP contribution < -0.4 is 10.6 Å². The summed E-state index contributed by atoms with van der Waals surface area (Å²) in [6, 6.07) is 20.6. The molecule has 114 valence electrons. The molecule has 2 amide bonds. The molecule has 1 heterocycles. The van der Waals surface area contributed by atoms with Gasteiger partial charge in [-0.15, -0.1) is 0 Å². The van der Waals surface area contributed by atoms with Gasteiger partial charge in [0.2, 0.25) is 0 Å². The van der Waals surface area contributed by atoms with Crippen LogP contribution in [0.1, 0.15) is 0 Å². The van der Waals surface area contributed by atoms with Crippen molar-refractivity contribution in [3.05, 3.63) is 77.9 Å². The third kappa shape index (κ3) is 4.08. The van der Waals surface area contributed by atoms with E-state index in [9.17, 15) is 4.79 Å². The standard InChI is InChI=1S/C18H14ClN3O/c19-15-8-11-17(20-12-15)22-18(23)21-16-9-6-14(7-10-16)13-4-2-1-3-5-13/h1-12H,(H2,20,21,22,23). The number of halogens is 1. The van der Waals surface area contributed by atoms with Gasteiger partial charge in [-0.25, -0.2) is 9.78 Å². The van der Waals surface area contributed by atoms with Crippen LogP contribution in [-0.4, -0.2) is 11.0 Å². The summed E-state index contributed by atoms with van der Waals surface area (Å²) >= 11 is 5.75. The zero-order valence-electron chi connectivity index (χ0n) is 12.2. The Hall–Kier alpha value is -2.85. The predicted octanol–water partition coefficient (Wildman–Crippen LogP) is 5.05. The number of hydrogen-bond acceptors (Lipinski definition) is 2. The maximum atomic E-state index is 11.9. The summed E-state index contributed by atoms with van der Waals surface area (Å²) in [6.45, 7) is 0. The molecule has 0 aliphatic carbocycles. The number of pyridine rings is 1. The Labute approximate surface area is 139 Å². The van der Waals surface area contributed by atoms with E-state index < -0.39 is 0 Å². The van der Waals surface area contributed by atoms with Gasteiger partial charge in [0.1, 0.15) is 5.82 Å². The lowest BCUT2D eigenvalue weighted by Crippen LogP contribution is -2.19. The number of carbonyl (C=O) groups excluding carboxylic acids is 1. The van der Waals surface area contributed by atoms with Gasteiger partial charge in [-0.05, 0) is 35.4 Å². The molecule has 23 heavy (non-hydrogen) atoms. The van der Waals surface area contributed by atoms with Crippen molar-refractivity contribution in [2.24, 2.45) is 0 Å². The maximum absolute atomic E-state index is 11.9. The fraction of sp³-hybridized carbons (Fsp3) is 0. The summed E-state index contributed by atoms with van der Waals surface area (Å²) < 4.78 is 0. The Balaban J connectivity index is 1.64. The zero-order valence-corrected chi connectivity index (χ0v) is 12.9. The van der Waals surface area contributed by atoms with E-state index >= 15 is 0 Å². The van der Waals surface area contributed by atoms with Gasteiger partial charge in [-0.1, -0.05) is 54.1 Å². The van der Waals surface area contributed by atoms with Crippen molar-refractivity contribution in [1.82, 2.24) is 4.98 Å². The second kappa shape index (κ2) is 6.94. The van der Waals surface area contributed by atoms with Crippen molar-refractivity contribution in [3.63, 3.8) is 0 Å². The van der Waals surface area contributed by atoms with Crippen molar-refractivity contribution in [3.8, 4) is 11.1 Å². The summed E-state index contributed by atoms with van der Waals surface area (Å²) in [5.41, 5.74) is 2.93. The molecular weight excluding hydrogens is 310 g/mol. The highest BCUT2D eigenvalue weighted by Gasteiger charge is 2.04. The van der Waals surface area contributed by atoms with Gasteiger partial charge in [0.25, 0.3) is 0 Å². The molecule has 0 fully saturated rings. The van der Waals surface area contributed by atoms with E-state index in [4.69, 9.17) is 11.6 Å². The van der Waals surface area contributed by atoms with Crippen molar-refractivity contribution >= 4 is 29.1 Å². The number of amides is 2. The number of urea groups is 1. The number of benzene rings is 2. The van der Waals surface area contributed by atoms with Gasteiger partial charge >= 0.3 is 6.03 Å². The minimum Gasteiger partial charge on any atom is -0.308 e. The average molecular weight is 324 g/mol. The molecular formula is C18H14ClN3O. The minimum absolute atomic E-state index is 0.354. The van der Waals surface area contributed by atoms with E-state index in [1.165, 1.54) is 6.20 Å². The lowest BCUT2D eigenvalue weighted by Gasteiger charge is -2.08. The molecule has 0 radical (unpaired) electrons. The fourth-order valence-corrected chi connectivity index (χ4v) is 2.22. The lowest BCUT2D eigenvalue weighted by molar-refractivity contribution is 0.262. The van der Waals surface area contributed by atoms with Gasteiger partial charge in [0, 0.05) is 11.9 Å². The second-order valence-corrected chi connectivity index (χ2v) is 5.32. The maximum Gasteiger partial charge on any atom is 0.324 e. The third-order valence-electron chi connectivity index (χ3n) is 3.22. The van der Waals surface area contributed by atoms with Crippen LogP contribution in [0.5, 0.6) is 0 Å². The highest BCUT2D eigenvalue weighted by Crippen LogP contribution is 2.21. The smallest absolute Gasteiger partial charge is 0.308 e. The molecule has 5 heteroatoms. The van der Waals surface area contributed by atoms with Crippen LogP contribution >= 0.6 is 11.6 Å². The van der Waals surface area contributed by atoms with Crippen molar-refractivity contribution in [2.45, 2.75) is 0 Å². The van der Waals surface area contributed by atoms with E-state index in [2.05, 4.69) is 15.6 Å². The van der Waals surface area contributed by atoms with Gasteiger partial charge in [-0.3, -0.25) is 5.32 Å². The Kier molecular flexibility index (Phi) is 4.54. The largest absolute Gasteiger partial charge is 0.324 e. The molecule has 4 nitrogen and oxygen atoms in total. The van der Waals surface area contributed by atoms with E-state index in [1.807, 2.05) is 54.6 Å². The molecule has 0 saturated carbocycles. The molecule has 2 aromatic carbocycles. The summed E-state index contributed by atoms with van der Waals surface area (Å²) in [4.78, 5) is 15.9. The summed E-state index contributed by atoms with van der Waals surface area (Å²) in [6.07, 6.45) is 1.48. The first-order valence-electron chi connectivity index (χ1n) is 7.06. The van der Waals surface area contributed by atoms with Crippen molar-refractivity contribution < 1.29 is 4.79 Å². The van der Waals surface area contributed by atoms with Crippen LogP contribution in [0.25, 0.3) is 11.1 Å². The number of aromatic nitrogens is 1. The fourth-order valence-electron chi connectivity index (χ4n) is 2.11. The molecule has 0 bridgehead atoms. The summed E-state index contributed by atoms with van der Waals surface area (Å²) in [7, 11) is 0. The number of nitrogens with zero attached hydrogens (tertiary/aromatic N) is 1. The molecule has 0 aliphatic heterocycles. The monoisotopic (exact) mass is 323 g/mol. The van der Waals surface area contributed by atoms with Crippen LogP contribution in [0.3, 0.4) is 0 Å². The third-order valence-corrected chi connectivity index (χ3v) is 3.44. The first-order chi connectivity index (χ1) is 11.2. The highest BCUT2D eigenvalue weighted by molar-refractivity contribution is 6.30. The molecule has 3 aromatic rings. The predicted molar refractivity (Wildman–Crippen MR) is 93.8 cm³/mol. The molecule has 0 aliphatic rings. The molecule has 0 saturated heterocycles. The molecule has 2 N–H and O–H groups in total. The van der Waals surface area contributed by atoms with E-state index in [0.717, 1.165) is 11.1 Å². The minimum atomic E-state index is -0.354. The van der Waals surface area contributed by atoms with Crippen molar-refractivity contribution in [2.75, 3.05) is 10.6 Å². The van der Waals surface area contributed by atoms with Crippen LogP contribution in [0, 0.1) is 0 Å². The quantitative estimate of drug-likeness (QED) is 0.709. The van der Waals surface area contributed by atoms with Gasteiger partial charge in [0.05, 0.1) is 5.02 Å². The normalized spacial score (nSPS) is 10.1. The van der Waals surface area contributed by atoms with E-state index in [-0.39, 0.29) is 6.03 Å². The van der Waals surface area contributed by atoms with E-state index in [0.29, 0.717) is 16.5 Å². The number of hydrogen-bond donors (Lipinski definition) is 2. The molecule has 1 aromatic heterocycles. The first-order valence-corrected chi connectivity index (χ1v) is 7.43. The van der Waals surface area contributed by atoms with Crippen LogP contribution in [0.4, 0.5) is 16.3 Å². The Morgan fingerprint density at radius 2 is 1.52 bits per heavy atom. The Morgan fingerprint density at radius 3 is 2.17 bits per heavy atom. The summed E-state index contributed by atoms with van der Waals surface area (Å²) in [5.74, 6) is 0.438. The Morgan fingerprint density at radius 1 is 0.826 bits per heavy atom. The number of carbonyl (C=O) groups is 1. The van der Waals surface area contributed by atoms with Crippen LogP contribution in [0.15, 0.2) is 72.9 Å². The molecule has 0 unspecified atom stereocenters. The molecule has 3 rings (SSSR count). The zero-order chi connectivity index (χ0) is 16.1.